The Labute approximate surface area is 117 Å². The Morgan fingerprint density at radius 3 is 2.60 bits per heavy atom. The van der Waals surface area contributed by atoms with Gasteiger partial charge in [0.2, 0.25) is 0 Å². The van der Waals surface area contributed by atoms with Crippen molar-refractivity contribution in [2.24, 2.45) is 17.6 Å². The van der Waals surface area contributed by atoms with Gasteiger partial charge in [-0.3, -0.25) is 0 Å². The zero-order valence-electron chi connectivity index (χ0n) is 11.5. The van der Waals surface area contributed by atoms with Crippen LogP contribution in [-0.2, 0) is 0 Å². The van der Waals surface area contributed by atoms with Gasteiger partial charge in [-0.1, -0.05) is 24.6 Å². The van der Waals surface area contributed by atoms with E-state index in [2.05, 4.69) is 0 Å². The number of alkyl halides is 3. The molecule has 3 unspecified atom stereocenters. The molecule has 0 radical (unpaired) electrons. The zero-order chi connectivity index (χ0) is 14.8. The van der Waals surface area contributed by atoms with Crippen LogP contribution in [0.3, 0.4) is 0 Å². The van der Waals surface area contributed by atoms with E-state index in [1.54, 1.807) is 13.2 Å². The van der Waals surface area contributed by atoms with Gasteiger partial charge in [-0.25, -0.2) is 0 Å². The summed E-state index contributed by atoms with van der Waals surface area (Å²) in [7, 11) is 1.55. The summed E-state index contributed by atoms with van der Waals surface area (Å²) in [5, 5.41) is 0. The fourth-order valence-corrected chi connectivity index (χ4v) is 3.05. The van der Waals surface area contributed by atoms with Crippen molar-refractivity contribution in [2.75, 3.05) is 7.11 Å². The largest absolute Gasteiger partial charge is 0.496 e. The predicted molar refractivity (Wildman–Crippen MR) is 71.4 cm³/mol. The molecule has 112 valence electrons. The number of benzene rings is 1. The van der Waals surface area contributed by atoms with Crippen LogP contribution in [0.15, 0.2) is 24.3 Å². The van der Waals surface area contributed by atoms with Crippen molar-refractivity contribution in [1.82, 2.24) is 0 Å². The lowest BCUT2D eigenvalue weighted by atomic mass is 9.76. The quantitative estimate of drug-likeness (QED) is 0.909. The van der Waals surface area contributed by atoms with Crippen molar-refractivity contribution < 1.29 is 17.9 Å². The molecule has 0 aliphatic heterocycles. The summed E-state index contributed by atoms with van der Waals surface area (Å²) >= 11 is 0. The van der Waals surface area contributed by atoms with E-state index in [-0.39, 0.29) is 18.8 Å². The first-order valence-corrected chi connectivity index (χ1v) is 6.88. The third-order valence-corrected chi connectivity index (χ3v) is 4.18. The van der Waals surface area contributed by atoms with Gasteiger partial charge >= 0.3 is 6.18 Å². The van der Waals surface area contributed by atoms with E-state index in [0.29, 0.717) is 12.2 Å². The molecule has 2 N–H and O–H groups in total. The van der Waals surface area contributed by atoms with E-state index in [9.17, 15) is 13.2 Å². The molecule has 0 heterocycles. The number of ether oxygens (including phenoxy) is 1. The van der Waals surface area contributed by atoms with E-state index >= 15 is 0 Å². The highest BCUT2D eigenvalue weighted by Gasteiger charge is 2.43. The van der Waals surface area contributed by atoms with Crippen LogP contribution in [0.1, 0.15) is 37.3 Å². The first kappa shape index (κ1) is 15.2. The number of para-hydroxylation sites is 1. The van der Waals surface area contributed by atoms with Crippen LogP contribution >= 0.6 is 0 Å². The van der Waals surface area contributed by atoms with Gasteiger partial charge in [-0.2, -0.15) is 13.2 Å². The van der Waals surface area contributed by atoms with Gasteiger partial charge in [0.05, 0.1) is 13.0 Å². The van der Waals surface area contributed by atoms with E-state index in [0.717, 1.165) is 12.0 Å². The van der Waals surface area contributed by atoms with Gasteiger partial charge in [0, 0.05) is 11.6 Å². The van der Waals surface area contributed by atoms with Gasteiger partial charge in [-0.05, 0) is 31.2 Å². The third kappa shape index (κ3) is 3.26. The smallest absolute Gasteiger partial charge is 0.391 e. The van der Waals surface area contributed by atoms with Crippen LogP contribution in [0.4, 0.5) is 13.2 Å². The van der Waals surface area contributed by atoms with Crippen LogP contribution in [0.25, 0.3) is 0 Å². The molecular formula is C15H20F3NO. The summed E-state index contributed by atoms with van der Waals surface area (Å²) in [4.78, 5) is 0. The van der Waals surface area contributed by atoms with Crippen LogP contribution in [0.5, 0.6) is 5.75 Å². The van der Waals surface area contributed by atoms with E-state index in [1.807, 2.05) is 18.2 Å². The molecule has 1 fully saturated rings. The minimum absolute atomic E-state index is 0.114. The van der Waals surface area contributed by atoms with Crippen LogP contribution in [0, 0.1) is 11.8 Å². The van der Waals surface area contributed by atoms with E-state index in [4.69, 9.17) is 10.5 Å². The SMILES string of the molecule is COc1ccccc1C(N)C1CCCC(C(F)(F)F)C1. The highest BCUT2D eigenvalue weighted by Crippen LogP contribution is 2.44. The third-order valence-electron chi connectivity index (χ3n) is 4.18. The molecule has 0 aromatic heterocycles. The Hall–Kier alpha value is -1.23. The second-order valence-electron chi connectivity index (χ2n) is 5.43. The van der Waals surface area contributed by atoms with Gasteiger partial charge in [0.1, 0.15) is 5.75 Å². The highest BCUT2D eigenvalue weighted by atomic mass is 19.4. The van der Waals surface area contributed by atoms with Crippen molar-refractivity contribution in [3.63, 3.8) is 0 Å². The molecule has 1 aromatic carbocycles. The molecule has 1 saturated carbocycles. The van der Waals surface area contributed by atoms with Crippen molar-refractivity contribution in [1.29, 1.82) is 0 Å². The number of hydrogen-bond donors (Lipinski definition) is 1. The first-order valence-electron chi connectivity index (χ1n) is 6.88. The average Bonchev–Trinajstić information content (AvgIpc) is 2.45. The topological polar surface area (TPSA) is 35.2 Å². The summed E-state index contributed by atoms with van der Waals surface area (Å²) < 4.78 is 43.8. The van der Waals surface area contributed by atoms with Crippen LogP contribution in [0.2, 0.25) is 0 Å². The first-order chi connectivity index (χ1) is 9.43. The molecule has 0 amide bonds. The van der Waals surface area contributed by atoms with Crippen LogP contribution in [-0.4, -0.2) is 13.3 Å². The predicted octanol–water partition coefficient (Wildman–Crippen LogP) is 4.06. The minimum atomic E-state index is -4.11. The molecule has 1 aliphatic carbocycles. The zero-order valence-corrected chi connectivity index (χ0v) is 11.5. The van der Waals surface area contributed by atoms with Gasteiger partial charge in [0.25, 0.3) is 0 Å². The summed E-state index contributed by atoms with van der Waals surface area (Å²) in [6.07, 6.45) is -2.45. The van der Waals surface area contributed by atoms with Crippen LogP contribution < -0.4 is 10.5 Å². The van der Waals surface area contributed by atoms with Gasteiger partial charge in [-0.15, -0.1) is 0 Å². The minimum Gasteiger partial charge on any atom is -0.496 e. The Kier molecular flexibility index (Phi) is 4.58. The normalized spacial score (nSPS) is 25.2. The number of methoxy groups -OCH3 is 1. The molecule has 20 heavy (non-hydrogen) atoms. The number of halogens is 3. The maximum absolute atomic E-state index is 12.9. The lowest BCUT2D eigenvalue weighted by Gasteiger charge is -2.34. The Bertz CT molecular complexity index is 447. The Balaban J connectivity index is 2.14. The fraction of sp³-hybridized carbons (Fsp3) is 0.600. The highest BCUT2D eigenvalue weighted by molar-refractivity contribution is 5.36. The molecule has 2 rings (SSSR count). The fourth-order valence-electron chi connectivity index (χ4n) is 3.05. The van der Waals surface area contributed by atoms with Gasteiger partial charge in [0.15, 0.2) is 0 Å². The molecule has 3 atom stereocenters. The van der Waals surface area contributed by atoms with Crippen molar-refractivity contribution >= 4 is 0 Å². The van der Waals surface area contributed by atoms with E-state index in [1.165, 1.54) is 0 Å². The summed E-state index contributed by atoms with van der Waals surface area (Å²) in [5.41, 5.74) is 7.00. The van der Waals surface area contributed by atoms with Crippen molar-refractivity contribution in [2.45, 2.75) is 37.9 Å². The molecule has 2 nitrogen and oxygen atoms in total. The molecule has 0 spiro atoms. The standard InChI is InChI=1S/C15H20F3NO/c1-20-13-8-3-2-7-12(13)14(19)10-5-4-6-11(9-10)15(16,17)18/h2-3,7-8,10-11,14H,4-6,9,19H2,1H3. The summed E-state index contributed by atoms with van der Waals surface area (Å²) in [5.74, 6) is -0.720. The summed E-state index contributed by atoms with van der Waals surface area (Å²) in [6, 6.07) is 6.88. The number of nitrogens with two attached hydrogens (primary N) is 1. The molecule has 1 aromatic rings. The number of rotatable bonds is 3. The molecule has 0 saturated heterocycles. The Morgan fingerprint density at radius 2 is 1.95 bits per heavy atom. The second kappa shape index (κ2) is 6.04. The Morgan fingerprint density at radius 1 is 1.25 bits per heavy atom. The van der Waals surface area contributed by atoms with Gasteiger partial charge < -0.3 is 10.5 Å². The molecule has 5 heteroatoms. The lowest BCUT2D eigenvalue weighted by Crippen LogP contribution is -2.33. The van der Waals surface area contributed by atoms with E-state index < -0.39 is 18.1 Å². The molecular weight excluding hydrogens is 267 g/mol. The maximum atomic E-state index is 12.9. The second-order valence-corrected chi connectivity index (χ2v) is 5.43. The maximum Gasteiger partial charge on any atom is 0.391 e. The van der Waals surface area contributed by atoms with Crippen molar-refractivity contribution in [3.05, 3.63) is 29.8 Å². The summed E-state index contributed by atoms with van der Waals surface area (Å²) in [6.45, 7) is 0. The lowest BCUT2D eigenvalue weighted by molar-refractivity contribution is -0.186. The van der Waals surface area contributed by atoms with Crippen molar-refractivity contribution in [3.8, 4) is 5.75 Å². The number of hydrogen-bond acceptors (Lipinski definition) is 2. The molecule has 0 bridgehead atoms. The monoisotopic (exact) mass is 287 g/mol. The molecule has 1 aliphatic rings. The average molecular weight is 287 g/mol.